The highest BCUT2D eigenvalue weighted by Gasteiger charge is 2.12. The van der Waals surface area contributed by atoms with Crippen molar-refractivity contribution in [2.45, 2.75) is 109 Å². The number of rotatable bonds is 17. The minimum atomic E-state index is -0.668. The molecule has 27 heavy (non-hydrogen) atoms. The third-order valence-corrected chi connectivity index (χ3v) is 5.56. The Morgan fingerprint density at radius 1 is 0.815 bits per heavy atom. The van der Waals surface area contributed by atoms with Gasteiger partial charge in [0, 0.05) is 6.42 Å². The fourth-order valence-corrected chi connectivity index (χ4v) is 3.85. The van der Waals surface area contributed by atoms with Crippen molar-refractivity contribution >= 4 is 5.97 Å². The fraction of sp³-hybridized carbons (Fsp3) is 0.708. The van der Waals surface area contributed by atoms with Crippen LogP contribution in [0.2, 0.25) is 0 Å². The minimum Gasteiger partial charge on any atom is -0.508 e. The van der Waals surface area contributed by atoms with Gasteiger partial charge >= 0.3 is 5.97 Å². The first-order valence-corrected chi connectivity index (χ1v) is 11.1. The molecule has 0 aromatic heterocycles. The first-order valence-electron chi connectivity index (χ1n) is 11.1. The molecule has 1 aromatic rings. The van der Waals surface area contributed by atoms with E-state index in [2.05, 4.69) is 13.0 Å². The van der Waals surface area contributed by atoms with Gasteiger partial charge in [0.15, 0.2) is 0 Å². The van der Waals surface area contributed by atoms with E-state index in [0.29, 0.717) is 18.1 Å². The van der Waals surface area contributed by atoms with Crippen LogP contribution in [0.1, 0.15) is 115 Å². The van der Waals surface area contributed by atoms with E-state index in [1.807, 2.05) is 12.1 Å². The molecule has 0 saturated carbocycles. The highest BCUT2D eigenvalue weighted by molar-refractivity contribution is 5.66. The Labute approximate surface area is 166 Å². The molecule has 1 rings (SSSR count). The Kier molecular flexibility index (Phi) is 13.5. The van der Waals surface area contributed by atoms with E-state index in [9.17, 15) is 9.90 Å². The first-order chi connectivity index (χ1) is 13.1. The molecule has 0 bridgehead atoms. The summed E-state index contributed by atoms with van der Waals surface area (Å²) >= 11 is 0. The third kappa shape index (κ3) is 11.7. The Morgan fingerprint density at radius 3 is 1.78 bits per heavy atom. The number of aliphatic carboxylic acids is 1. The second-order valence-corrected chi connectivity index (χ2v) is 7.84. The van der Waals surface area contributed by atoms with Crippen molar-refractivity contribution in [2.75, 3.05) is 0 Å². The number of benzene rings is 1. The maximum Gasteiger partial charge on any atom is 0.303 e. The van der Waals surface area contributed by atoms with Crippen LogP contribution in [0.3, 0.4) is 0 Å². The highest BCUT2D eigenvalue weighted by Crippen LogP contribution is 2.32. The summed E-state index contributed by atoms with van der Waals surface area (Å²) in [7, 11) is 0. The maximum atomic E-state index is 10.4. The van der Waals surface area contributed by atoms with E-state index in [4.69, 9.17) is 5.11 Å². The van der Waals surface area contributed by atoms with Gasteiger partial charge in [0.1, 0.15) is 5.75 Å². The predicted molar refractivity (Wildman–Crippen MR) is 113 cm³/mol. The summed E-state index contributed by atoms with van der Waals surface area (Å²) < 4.78 is 0. The van der Waals surface area contributed by atoms with Crippen molar-refractivity contribution in [3.63, 3.8) is 0 Å². The predicted octanol–water partition coefficient (Wildman–Crippen LogP) is 7.43. The number of carboxylic acids is 1. The molecule has 1 unspecified atom stereocenters. The van der Waals surface area contributed by atoms with Crippen LogP contribution in [0.4, 0.5) is 0 Å². The lowest BCUT2D eigenvalue weighted by Gasteiger charge is -2.16. The molecule has 3 nitrogen and oxygen atoms in total. The SMILES string of the molecule is CCC(CCCCCCCCCCCCCCC(=O)O)c1ccccc1O. The van der Waals surface area contributed by atoms with Crippen molar-refractivity contribution in [2.24, 2.45) is 0 Å². The fourth-order valence-electron chi connectivity index (χ4n) is 3.85. The molecule has 0 fully saturated rings. The quantitative estimate of drug-likeness (QED) is 0.278. The molecule has 2 N–H and O–H groups in total. The number of hydrogen-bond acceptors (Lipinski definition) is 2. The summed E-state index contributed by atoms with van der Waals surface area (Å²) in [4.78, 5) is 10.4. The molecule has 0 saturated heterocycles. The molecule has 0 aliphatic carbocycles. The molecule has 0 heterocycles. The number of phenols is 1. The summed E-state index contributed by atoms with van der Waals surface area (Å²) in [6.07, 6.45) is 17.4. The van der Waals surface area contributed by atoms with Crippen LogP contribution >= 0.6 is 0 Å². The Balaban J connectivity index is 1.91. The van der Waals surface area contributed by atoms with Crippen LogP contribution in [0, 0.1) is 0 Å². The van der Waals surface area contributed by atoms with E-state index < -0.39 is 5.97 Å². The van der Waals surface area contributed by atoms with Gasteiger partial charge in [-0.05, 0) is 36.8 Å². The highest BCUT2D eigenvalue weighted by atomic mass is 16.4. The molecular weight excluding hydrogens is 336 g/mol. The Bertz CT molecular complexity index is 498. The molecule has 0 amide bonds. The van der Waals surface area contributed by atoms with E-state index in [-0.39, 0.29) is 0 Å². The molecule has 0 aliphatic rings. The van der Waals surface area contributed by atoms with Gasteiger partial charge in [-0.15, -0.1) is 0 Å². The average Bonchev–Trinajstić information content (AvgIpc) is 2.65. The molecule has 3 heteroatoms. The van der Waals surface area contributed by atoms with Crippen LogP contribution in [-0.2, 0) is 4.79 Å². The van der Waals surface area contributed by atoms with Crippen molar-refractivity contribution < 1.29 is 15.0 Å². The largest absolute Gasteiger partial charge is 0.508 e. The molecule has 154 valence electrons. The van der Waals surface area contributed by atoms with Gasteiger partial charge < -0.3 is 10.2 Å². The topological polar surface area (TPSA) is 57.5 Å². The van der Waals surface area contributed by atoms with E-state index in [0.717, 1.165) is 24.8 Å². The zero-order valence-electron chi connectivity index (χ0n) is 17.3. The smallest absolute Gasteiger partial charge is 0.303 e. The molecule has 0 aliphatic heterocycles. The first kappa shape index (κ1) is 23.5. The van der Waals surface area contributed by atoms with Crippen LogP contribution < -0.4 is 0 Å². The number of carbonyl (C=O) groups is 1. The van der Waals surface area contributed by atoms with Crippen LogP contribution in [-0.4, -0.2) is 16.2 Å². The number of unbranched alkanes of at least 4 members (excludes halogenated alkanes) is 11. The average molecular weight is 377 g/mol. The van der Waals surface area contributed by atoms with Gasteiger partial charge in [-0.1, -0.05) is 95.8 Å². The Morgan fingerprint density at radius 2 is 1.30 bits per heavy atom. The number of para-hydroxylation sites is 1. The van der Waals surface area contributed by atoms with Crippen LogP contribution in [0.15, 0.2) is 24.3 Å². The number of hydrogen-bond donors (Lipinski definition) is 2. The number of phenolic OH excluding ortho intramolecular Hbond substituents is 1. The van der Waals surface area contributed by atoms with Gasteiger partial charge in [0.05, 0.1) is 0 Å². The van der Waals surface area contributed by atoms with Gasteiger partial charge in [0.25, 0.3) is 0 Å². The van der Waals surface area contributed by atoms with Crippen molar-refractivity contribution in [1.29, 1.82) is 0 Å². The van der Waals surface area contributed by atoms with Gasteiger partial charge in [-0.3, -0.25) is 4.79 Å². The number of aromatic hydroxyl groups is 1. The zero-order chi connectivity index (χ0) is 19.7. The summed E-state index contributed by atoms with van der Waals surface area (Å²) in [5.41, 5.74) is 1.11. The lowest BCUT2D eigenvalue weighted by atomic mass is 9.90. The lowest BCUT2D eigenvalue weighted by molar-refractivity contribution is -0.137. The monoisotopic (exact) mass is 376 g/mol. The van der Waals surface area contributed by atoms with E-state index >= 15 is 0 Å². The second kappa shape index (κ2) is 15.5. The molecular formula is C24H40O3. The third-order valence-electron chi connectivity index (χ3n) is 5.56. The summed E-state index contributed by atoms with van der Waals surface area (Å²) in [6.45, 7) is 2.21. The van der Waals surface area contributed by atoms with Crippen LogP contribution in [0.5, 0.6) is 5.75 Å². The van der Waals surface area contributed by atoms with E-state index in [1.165, 1.54) is 70.6 Å². The molecule has 0 radical (unpaired) electrons. The van der Waals surface area contributed by atoms with Gasteiger partial charge in [-0.2, -0.15) is 0 Å². The standard InChI is InChI=1S/C24H40O3/c1-2-21(22-18-15-16-19-23(22)25)17-13-11-9-7-5-3-4-6-8-10-12-14-20-24(26)27/h15-16,18-19,21,25H,2-14,17,20H2,1H3,(H,26,27). The summed E-state index contributed by atoms with van der Waals surface area (Å²) in [5.74, 6) is 0.270. The molecule has 0 spiro atoms. The van der Waals surface area contributed by atoms with E-state index in [1.54, 1.807) is 6.07 Å². The normalized spacial score (nSPS) is 12.2. The molecule has 1 atom stereocenters. The summed E-state index contributed by atoms with van der Waals surface area (Å²) in [6, 6.07) is 7.78. The van der Waals surface area contributed by atoms with Gasteiger partial charge in [-0.25, -0.2) is 0 Å². The Hall–Kier alpha value is -1.51. The van der Waals surface area contributed by atoms with Crippen molar-refractivity contribution in [1.82, 2.24) is 0 Å². The zero-order valence-corrected chi connectivity index (χ0v) is 17.3. The molecule has 1 aromatic carbocycles. The minimum absolute atomic E-state index is 0.325. The van der Waals surface area contributed by atoms with Crippen LogP contribution in [0.25, 0.3) is 0 Å². The van der Waals surface area contributed by atoms with Crippen molar-refractivity contribution in [3.8, 4) is 5.75 Å². The summed E-state index contributed by atoms with van der Waals surface area (Å²) in [5, 5.41) is 18.6. The van der Waals surface area contributed by atoms with Crippen molar-refractivity contribution in [3.05, 3.63) is 29.8 Å². The number of carboxylic acid groups (broad SMARTS) is 1. The second-order valence-electron chi connectivity index (χ2n) is 7.84. The maximum absolute atomic E-state index is 10.4. The van der Waals surface area contributed by atoms with Gasteiger partial charge in [0.2, 0.25) is 0 Å². The lowest BCUT2D eigenvalue weighted by Crippen LogP contribution is -1.98.